The average Bonchev–Trinajstić information content (AvgIpc) is 2.07. The van der Waals surface area contributed by atoms with Crippen molar-refractivity contribution in [2.24, 2.45) is 0 Å². The lowest BCUT2D eigenvalue weighted by Crippen LogP contribution is -1.97. The number of halogens is 2. The summed E-state index contributed by atoms with van der Waals surface area (Å²) in [4.78, 5) is 9.90. The van der Waals surface area contributed by atoms with Gasteiger partial charge in [0.15, 0.2) is 6.29 Å². The minimum Gasteiger partial charge on any atom is -0.486 e. The number of ether oxygens (including phenoxy) is 1. The second-order valence-corrected chi connectivity index (χ2v) is 2.91. The first kappa shape index (κ1) is 9.19. The van der Waals surface area contributed by atoms with Gasteiger partial charge in [-0.1, -0.05) is 0 Å². The number of rotatable bonds is 3. The highest BCUT2D eigenvalue weighted by molar-refractivity contribution is 9.10. The molecule has 0 fully saturated rings. The van der Waals surface area contributed by atoms with E-state index in [0.29, 0.717) is 16.5 Å². The molecule has 0 radical (unpaired) electrons. The van der Waals surface area contributed by atoms with E-state index in [1.165, 1.54) is 12.1 Å². The third kappa shape index (κ3) is 2.30. The van der Waals surface area contributed by atoms with Crippen LogP contribution in [-0.4, -0.2) is 12.9 Å². The molecule has 0 spiro atoms. The maximum Gasteiger partial charge on any atom is 0.157 e. The van der Waals surface area contributed by atoms with Crippen molar-refractivity contribution >= 4 is 22.2 Å². The molecule has 0 saturated heterocycles. The van der Waals surface area contributed by atoms with E-state index in [4.69, 9.17) is 4.74 Å². The number of carbonyl (C=O) groups excluding carboxylic acids is 1. The molecule has 1 rings (SSSR count). The molecule has 0 heterocycles. The molecule has 1 aromatic carbocycles. The Kier molecular flexibility index (Phi) is 3.22. The van der Waals surface area contributed by atoms with Crippen LogP contribution in [0.15, 0.2) is 22.7 Å². The lowest BCUT2D eigenvalue weighted by atomic mass is 10.3. The summed E-state index contributed by atoms with van der Waals surface area (Å²) in [7, 11) is 0. The largest absolute Gasteiger partial charge is 0.486 e. The molecule has 0 N–H and O–H groups in total. The maximum atomic E-state index is 12.8. The number of benzene rings is 1. The summed E-state index contributed by atoms with van der Waals surface area (Å²) in [5, 5.41) is 0. The van der Waals surface area contributed by atoms with Crippen LogP contribution in [0.25, 0.3) is 0 Å². The van der Waals surface area contributed by atoms with Crippen molar-refractivity contribution in [3.8, 4) is 5.75 Å². The fraction of sp³-hybridized carbons (Fsp3) is 0.125. The highest BCUT2D eigenvalue weighted by Crippen LogP contribution is 2.20. The van der Waals surface area contributed by atoms with Crippen molar-refractivity contribution < 1.29 is 13.9 Å². The summed E-state index contributed by atoms with van der Waals surface area (Å²) in [6.45, 7) is -0.0545. The Labute approximate surface area is 77.5 Å². The minimum absolute atomic E-state index is 0.0545. The van der Waals surface area contributed by atoms with Crippen molar-refractivity contribution in [3.63, 3.8) is 0 Å². The van der Waals surface area contributed by atoms with Gasteiger partial charge < -0.3 is 4.74 Å². The number of aldehydes is 1. The molecule has 0 aliphatic heterocycles. The standard InChI is InChI=1S/C8H6BrFO2/c9-7-2-1-6(5-8(7)10)12-4-3-11/h1-3,5H,4H2. The maximum absolute atomic E-state index is 12.8. The van der Waals surface area contributed by atoms with Gasteiger partial charge in [0.05, 0.1) is 4.47 Å². The van der Waals surface area contributed by atoms with Gasteiger partial charge in [-0.25, -0.2) is 4.39 Å². The first-order chi connectivity index (χ1) is 5.74. The average molecular weight is 233 g/mol. The molecular formula is C8H6BrFO2. The van der Waals surface area contributed by atoms with Crippen LogP contribution in [-0.2, 0) is 4.79 Å². The fourth-order valence-electron chi connectivity index (χ4n) is 0.697. The van der Waals surface area contributed by atoms with Gasteiger partial charge in [0.2, 0.25) is 0 Å². The topological polar surface area (TPSA) is 26.3 Å². The summed E-state index contributed by atoms with van der Waals surface area (Å²) in [5.41, 5.74) is 0. The highest BCUT2D eigenvalue weighted by Gasteiger charge is 2.00. The van der Waals surface area contributed by atoms with E-state index >= 15 is 0 Å². The predicted molar refractivity (Wildman–Crippen MR) is 45.7 cm³/mol. The van der Waals surface area contributed by atoms with Crippen LogP contribution in [0.5, 0.6) is 5.75 Å². The van der Waals surface area contributed by atoms with Gasteiger partial charge in [-0.3, -0.25) is 4.79 Å². The third-order valence-electron chi connectivity index (χ3n) is 1.21. The lowest BCUT2D eigenvalue weighted by Gasteiger charge is -2.01. The van der Waals surface area contributed by atoms with Crippen molar-refractivity contribution in [3.05, 3.63) is 28.5 Å². The Hall–Kier alpha value is -0.900. The smallest absolute Gasteiger partial charge is 0.157 e. The van der Waals surface area contributed by atoms with Crippen molar-refractivity contribution in [2.75, 3.05) is 6.61 Å². The van der Waals surface area contributed by atoms with Gasteiger partial charge in [0, 0.05) is 6.07 Å². The number of hydrogen-bond donors (Lipinski definition) is 0. The zero-order chi connectivity index (χ0) is 8.97. The molecule has 0 saturated carbocycles. The van der Waals surface area contributed by atoms with Crippen LogP contribution in [0.4, 0.5) is 4.39 Å². The van der Waals surface area contributed by atoms with Crippen LogP contribution < -0.4 is 4.74 Å². The van der Waals surface area contributed by atoms with Gasteiger partial charge in [0.25, 0.3) is 0 Å². The van der Waals surface area contributed by atoms with E-state index < -0.39 is 5.82 Å². The normalized spacial score (nSPS) is 9.50. The molecule has 0 bridgehead atoms. The van der Waals surface area contributed by atoms with E-state index in [9.17, 15) is 9.18 Å². The lowest BCUT2D eigenvalue weighted by molar-refractivity contribution is -0.109. The number of hydrogen-bond acceptors (Lipinski definition) is 2. The first-order valence-corrected chi connectivity index (χ1v) is 4.05. The molecule has 64 valence electrons. The summed E-state index contributed by atoms with van der Waals surface area (Å²) >= 11 is 3.00. The molecule has 0 atom stereocenters. The SMILES string of the molecule is O=CCOc1ccc(Br)c(F)c1. The predicted octanol–water partition coefficient (Wildman–Crippen LogP) is 2.17. The highest BCUT2D eigenvalue weighted by atomic mass is 79.9. The second kappa shape index (κ2) is 4.21. The van der Waals surface area contributed by atoms with Gasteiger partial charge in [-0.2, -0.15) is 0 Å². The Balaban J connectivity index is 2.75. The molecule has 0 aliphatic rings. The Morgan fingerprint density at radius 1 is 1.58 bits per heavy atom. The zero-order valence-corrected chi connectivity index (χ0v) is 7.67. The molecule has 0 aliphatic carbocycles. The Bertz CT molecular complexity index is 288. The van der Waals surface area contributed by atoms with E-state index in [2.05, 4.69) is 15.9 Å². The van der Waals surface area contributed by atoms with Gasteiger partial charge in [-0.15, -0.1) is 0 Å². The van der Waals surface area contributed by atoms with Crippen LogP contribution in [0.3, 0.4) is 0 Å². The summed E-state index contributed by atoms with van der Waals surface area (Å²) in [6, 6.07) is 4.32. The molecule has 12 heavy (non-hydrogen) atoms. The van der Waals surface area contributed by atoms with E-state index in [1.54, 1.807) is 6.07 Å². The Morgan fingerprint density at radius 2 is 2.33 bits per heavy atom. The quantitative estimate of drug-likeness (QED) is 0.747. The van der Waals surface area contributed by atoms with Crippen LogP contribution in [0.2, 0.25) is 0 Å². The van der Waals surface area contributed by atoms with Crippen molar-refractivity contribution in [1.82, 2.24) is 0 Å². The van der Waals surface area contributed by atoms with E-state index in [1.807, 2.05) is 0 Å². The minimum atomic E-state index is -0.404. The molecule has 0 aromatic heterocycles. The van der Waals surface area contributed by atoms with Crippen LogP contribution in [0, 0.1) is 5.82 Å². The van der Waals surface area contributed by atoms with E-state index in [0.717, 1.165) is 0 Å². The third-order valence-corrected chi connectivity index (χ3v) is 1.85. The van der Waals surface area contributed by atoms with E-state index in [-0.39, 0.29) is 6.61 Å². The second-order valence-electron chi connectivity index (χ2n) is 2.05. The molecule has 4 heteroatoms. The molecule has 0 amide bonds. The molecular weight excluding hydrogens is 227 g/mol. The van der Waals surface area contributed by atoms with Crippen molar-refractivity contribution in [2.45, 2.75) is 0 Å². The molecule has 1 aromatic rings. The van der Waals surface area contributed by atoms with Crippen LogP contribution in [0.1, 0.15) is 0 Å². The fourth-order valence-corrected chi connectivity index (χ4v) is 0.944. The van der Waals surface area contributed by atoms with Gasteiger partial charge >= 0.3 is 0 Å². The molecule has 0 unspecified atom stereocenters. The summed E-state index contributed by atoms with van der Waals surface area (Å²) in [6.07, 6.45) is 0.611. The van der Waals surface area contributed by atoms with Crippen LogP contribution >= 0.6 is 15.9 Å². The molecule has 2 nitrogen and oxygen atoms in total. The zero-order valence-electron chi connectivity index (χ0n) is 6.09. The van der Waals surface area contributed by atoms with Crippen molar-refractivity contribution in [1.29, 1.82) is 0 Å². The monoisotopic (exact) mass is 232 g/mol. The Morgan fingerprint density at radius 3 is 2.92 bits per heavy atom. The summed E-state index contributed by atoms with van der Waals surface area (Å²) in [5.74, 6) is -0.0544. The van der Waals surface area contributed by atoms with Gasteiger partial charge in [-0.05, 0) is 28.1 Å². The number of carbonyl (C=O) groups is 1. The van der Waals surface area contributed by atoms with Gasteiger partial charge in [0.1, 0.15) is 18.2 Å². The summed E-state index contributed by atoms with van der Waals surface area (Å²) < 4.78 is 18.0. The first-order valence-electron chi connectivity index (χ1n) is 3.25.